The van der Waals surface area contributed by atoms with Crippen molar-refractivity contribution in [1.82, 2.24) is 0 Å². The SMILES string of the molecule is C[C@@H]1SCC2CCC=CC21. The van der Waals surface area contributed by atoms with Crippen LogP contribution >= 0.6 is 11.8 Å². The topological polar surface area (TPSA) is 0 Å². The second-order valence-electron chi connectivity index (χ2n) is 3.38. The average Bonchev–Trinajstić information content (AvgIpc) is 2.34. The standard InChI is InChI=1S/C9H14S/c1-7-9-5-3-2-4-8(9)6-10-7/h3,5,7-9H,2,4,6H2,1H3/t7-,8?,9?/m0/s1. The van der Waals surface area contributed by atoms with Crippen molar-refractivity contribution in [2.75, 3.05) is 5.75 Å². The van der Waals surface area contributed by atoms with Gasteiger partial charge in [-0.3, -0.25) is 0 Å². The summed E-state index contributed by atoms with van der Waals surface area (Å²) in [6, 6.07) is 0. The molecule has 0 radical (unpaired) electrons. The molecule has 1 heterocycles. The molecule has 10 heavy (non-hydrogen) atoms. The molecule has 0 aromatic rings. The highest BCUT2D eigenvalue weighted by Gasteiger charge is 2.32. The number of thioether (sulfide) groups is 1. The Kier molecular flexibility index (Phi) is 1.77. The Balaban J connectivity index is 2.13. The van der Waals surface area contributed by atoms with Crippen molar-refractivity contribution in [3.63, 3.8) is 0 Å². The van der Waals surface area contributed by atoms with E-state index in [9.17, 15) is 0 Å². The molecule has 2 unspecified atom stereocenters. The smallest absolute Gasteiger partial charge is 0.00845 e. The van der Waals surface area contributed by atoms with E-state index in [1.807, 2.05) is 0 Å². The molecule has 1 fully saturated rings. The van der Waals surface area contributed by atoms with Crippen molar-refractivity contribution in [3.8, 4) is 0 Å². The Morgan fingerprint density at radius 1 is 1.50 bits per heavy atom. The van der Waals surface area contributed by atoms with Crippen molar-refractivity contribution in [2.24, 2.45) is 11.8 Å². The molecule has 0 aromatic heterocycles. The summed E-state index contributed by atoms with van der Waals surface area (Å²) in [4.78, 5) is 0. The van der Waals surface area contributed by atoms with E-state index in [1.54, 1.807) is 0 Å². The Bertz CT molecular complexity index is 151. The molecular formula is C9H14S. The number of rotatable bonds is 0. The van der Waals surface area contributed by atoms with Crippen molar-refractivity contribution in [1.29, 1.82) is 0 Å². The van der Waals surface area contributed by atoms with Crippen LogP contribution in [0.4, 0.5) is 0 Å². The number of allylic oxidation sites excluding steroid dienone is 2. The van der Waals surface area contributed by atoms with Gasteiger partial charge in [0.05, 0.1) is 0 Å². The van der Waals surface area contributed by atoms with Gasteiger partial charge in [-0.1, -0.05) is 19.1 Å². The van der Waals surface area contributed by atoms with E-state index in [0.29, 0.717) is 0 Å². The summed E-state index contributed by atoms with van der Waals surface area (Å²) in [6.07, 6.45) is 7.58. The molecule has 1 saturated heterocycles. The Morgan fingerprint density at radius 3 is 3.20 bits per heavy atom. The lowest BCUT2D eigenvalue weighted by Crippen LogP contribution is -2.16. The fraction of sp³-hybridized carbons (Fsp3) is 0.778. The van der Waals surface area contributed by atoms with Crippen LogP contribution in [-0.2, 0) is 0 Å². The lowest BCUT2D eigenvalue weighted by atomic mass is 9.84. The minimum atomic E-state index is 0.890. The van der Waals surface area contributed by atoms with Crippen LogP contribution in [0.15, 0.2) is 12.2 Å². The Hall–Kier alpha value is 0.0900. The van der Waals surface area contributed by atoms with Crippen LogP contribution in [0.1, 0.15) is 19.8 Å². The monoisotopic (exact) mass is 154 g/mol. The van der Waals surface area contributed by atoms with Gasteiger partial charge < -0.3 is 0 Å². The highest BCUT2D eigenvalue weighted by atomic mass is 32.2. The quantitative estimate of drug-likeness (QED) is 0.483. The second-order valence-corrected chi connectivity index (χ2v) is 4.79. The van der Waals surface area contributed by atoms with E-state index in [1.165, 1.54) is 18.6 Å². The van der Waals surface area contributed by atoms with Gasteiger partial charge in [-0.15, -0.1) is 0 Å². The summed E-state index contributed by atoms with van der Waals surface area (Å²) in [5.41, 5.74) is 0. The molecule has 0 spiro atoms. The van der Waals surface area contributed by atoms with E-state index in [4.69, 9.17) is 0 Å². The molecule has 0 N–H and O–H groups in total. The molecule has 56 valence electrons. The van der Waals surface area contributed by atoms with E-state index < -0.39 is 0 Å². The highest BCUT2D eigenvalue weighted by molar-refractivity contribution is 8.00. The minimum Gasteiger partial charge on any atom is -0.158 e. The lowest BCUT2D eigenvalue weighted by Gasteiger charge is -2.21. The van der Waals surface area contributed by atoms with Gasteiger partial charge in [0.15, 0.2) is 0 Å². The van der Waals surface area contributed by atoms with Crippen molar-refractivity contribution in [2.45, 2.75) is 25.0 Å². The molecule has 1 heteroatoms. The third-order valence-corrected chi connectivity index (χ3v) is 4.18. The zero-order valence-electron chi connectivity index (χ0n) is 6.42. The molecule has 3 atom stereocenters. The summed E-state index contributed by atoms with van der Waals surface area (Å²) >= 11 is 2.15. The molecule has 2 rings (SSSR count). The number of hydrogen-bond acceptors (Lipinski definition) is 1. The van der Waals surface area contributed by atoms with E-state index in [-0.39, 0.29) is 0 Å². The van der Waals surface area contributed by atoms with Gasteiger partial charge in [-0.25, -0.2) is 0 Å². The molecule has 0 amide bonds. The van der Waals surface area contributed by atoms with Crippen molar-refractivity contribution < 1.29 is 0 Å². The maximum absolute atomic E-state index is 2.44. The van der Waals surface area contributed by atoms with Gasteiger partial charge in [-0.05, 0) is 30.4 Å². The van der Waals surface area contributed by atoms with Crippen LogP contribution in [0, 0.1) is 11.8 Å². The van der Waals surface area contributed by atoms with Gasteiger partial charge in [0.25, 0.3) is 0 Å². The molecule has 0 aromatic carbocycles. The summed E-state index contributed by atoms with van der Waals surface area (Å²) < 4.78 is 0. The van der Waals surface area contributed by atoms with Gasteiger partial charge in [0.2, 0.25) is 0 Å². The first-order chi connectivity index (χ1) is 4.88. The third kappa shape index (κ3) is 1.01. The van der Waals surface area contributed by atoms with Gasteiger partial charge >= 0.3 is 0 Å². The molecule has 0 bridgehead atoms. The Labute approximate surface area is 67.1 Å². The maximum atomic E-state index is 2.44. The first-order valence-corrected chi connectivity index (χ1v) is 5.21. The second kappa shape index (κ2) is 2.61. The zero-order valence-corrected chi connectivity index (χ0v) is 7.23. The first kappa shape index (κ1) is 6.78. The van der Waals surface area contributed by atoms with E-state index >= 15 is 0 Å². The zero-order chi connectivity index (χ0) is 6.97. The molecule has 0 nitrogen and oxygen atoms in total. The van der Waals surface area contributed by atoms with Crippen LogP contribution in [0.25, 0.3) is 0 Å². The van der Waals surface area contributed by atoms with E-state index in [2.05, 4.69) is 30.8 Å². The predicted octanol–water partition coefficient (Wildman–Crippen LogP) is 2.70. The third-order valence-electron chi connectivity index (χ3n) is 2.72. The molecule has 2 aliphatic rings. The van der Waals surface area contributed by atoms with Gasteiger partial charge in [0.1, 0.15) is 0 Å². The van der Waals surface area contributed by atoms with Crippen molar-refractivity contribution in [3.05, 3.63) is 12.2 Å². The van der Waals surface area contributed by atoms with Crippen LogP contribution in [0.3, 0.4) is 0 Å². The van der Waals surface area contributed by atoms with Crippen LogP contribution in [-0.4, -0.2) is 11.0 Å². The summed E-state index contributed by atoms with van der Waals surface area (Å²) in [5.74, 6) is 3.35. The highest BCUT2D eigenvalue weighted by Crippen LogP contribution is 2.41. The maximum Gasteiger partial charge on any atom is 0.00845 e. The minimum absolute atomic E-state index is 0.890. The normalized spacial score (nSPS) is 45.5. The fourth-order valence-corrected chi connectivity index (χ4v) is 3.51. The van der Waals surface area contributed by atoms with Crippen LogP contribution in [0.2, 0.25) is 0 Å². The van der Waals surface area contributed by atoms with Gasteiger partial charge in [0, 0.05) is 5.25 Å². The van der Waals surface area contributed by atoms with Crippen LogP contribution in [0.5, 0.6) is 0 Å². The van der Waals surface area contributed by atoms with E-state index in [0.717, 1.165) is 17.1 Å². The summed E-state index contributed by atoms with van der Waals surface area (Å²) in [5, 5.41) is 0.890. The van der Waals surface area contributed by atoms with Crippen LogP contribution < -0.4 is 0 Å². The fourth-order valence-electron chi connectivity index (χ4n) is 2.03. The molecule has 0 saturated carbocycles. The summed E-state index contributed by atoms with van der Waals surface area (Å²) in [7, 11) is 0. The average molecular weight is 154 g/mol. The number of fused-ring (bicyclic) bond motifs is 1. The van der Waals surface area contributed by atoms with Gasteiger partial charge in [-0.2, -0.15) is 11.8 Å². The largest absolute Gasteiger partial charge is 0.158 e. The molecule has 1 aliphatic heterocycles. The Morgan fingerprint density at radius 2 is 2.40 bits per heavy atom. The molecular weight excluding hydrogens is 140 g/mol. The number of hydrogen-bond donors (Lipinski definition) is 0. The lowest BCUT2D eigenvalue weighted by molar-refractivity contribution is 0.413. The summed E-state index contributed by atoms with van der Waals surface area (Å²) in [6.45, 7) is 2.37. The first-order valence-electron chi connectivity index (χ1n) is 4.16. The predicted molar refractivity (Wildman–Crippen MR) is 47.3 cm³/mol. The molecule has 1 aliphatic carbocycles. The van der Waals surface area contributed by atoms with Crippen molar-refractivity contribution >= 4 is 11.8 Å².